The number of anilines is 1. The molecule has 0 aliphatic heterocycles. The summed E-state index contributed by atoms with van der Waals surface area (Å²) >= 11 is 0. The molecule has 0 atom stereocenters. The zero-order valence-electron chi connectivity index (χ0n) is 14.8. The normalized spacial score (nSPS) is 10.7. The largest absolute Gasteiger partial charge is 0.492 e. The number of para-hydroxylation sites is 2. The van der Waals surface area contributed by atoms with Crippen molar-refractivity contribution in [1.29, 1.82) is 0 Å². The molecule has 0 fully saturated rings. The van der Waals surface area contributed by atoms with Gasteiger partial charge in [0.05, 0.1) is 12.3 Å². The van der Waals surface area contributed by atoms with E-state index in [0.29, 0.717) is 23.8 Å². The lowest BCUT2D eigenvalue weighted by atomic mass is 10.0. The van der Waals surface area contributed by atoms with Crippen LogP contribution in [-0.2, 0) is 0 Å². The number of hydrogen-bond donors (Lipinski definition) is 1. The number of oxazole rings is 1. The van der Waals surface area contributed by atoms with E-state index in [1.54, 1.807) is 6.07 Å². The molecule has 0 bridgehead atoms. The molecule has 5 heteroatoms. The highest BCUT2D eigenvalue weighted by Crippen LogP contribution is 2.29. The highest BCUT2D eigenvalue weighted by molar-refractivity contribution is 6.07. The first-order valence-corrected chi connectivity index (χ1v) is 8.72. The summed E-state index contributed by atoms with van der Waals surface area (Å²) in [6.45, 7) is 2.41. The van der Waals surface area contributed by atoms with Gasteiger partial charge in [-0.15, -0.1) is 0 Å². The molecule has 4 aromatic rings. The number of ether oxygens (including phenoxy) is 1. The van der Waals surface area contributed by atoms with Gasteiger partial charge in [-0.1, -0.05) is 48.5 Å². The Hall–Kier alpha value is -3.60. The fourth-order valence-electron chi connectivity index (χ4n) is 2.98. The van der Waals surface area contributed by atoms with Gasteiger partial charge in [0.2, 0.25) is 0 Å². The first-order valence-electron chi connectivity index (χ1n) is 8.72. The van der Waals surface area contributed by atoms with Crippen LogP contribution in [0.15, 0.2) is 77.5 Å². The van der Waals surface area contributed by atoms with Gasteiger partial charge >= 0.3 is 0 Å². The third-order valence-electron chi connectivity index (χ3n) is 4.23. The molecule has 0 saturated heterocycles. The SMILES string of the molecule is CCOc1ccccc1NC(=O)c1ncoc1-c1ccc2ccccc2c1. The van der Waals surface area contributed by atoms with E-state index in [4.69, 9.17) is 9.15 Å². The van der Waals surface area contributed by atoms with Gasteiger partial charge < -0.3 is 14.5 Å². The predicted molar refractivity (Wildman–Crippen MR) is 105 cm³/mol. The van der Waals surface area contributed by atoms with Crippen LogP contribution in [0.2, 0.25) is 0 Å². The van der Waals surface area contributed by atoms with Crippen molar-refractivity contribution in [2.45, 2.75) is 6.92 Å². The summed E-state index contributed by atoms with van der Waals surface area (Å²) in [5.74, 6) is 0.704. The maximum atomic E-state index is 12.8. The smallest absolute Gasteiger partial charge is 0.278 e. The second kappa shape index (κ2) is 7.33. The van der Waals surface area contributed by atoms with Gasteiger partial charge in [-0.3, -0.25) is 4.79 Å². The summed E-state index contributed by atoms with van der Waals surface area (Å²) in [6, 6.07) is 21.2. The van der Waals surface area contributed by atoms with Crippen LogP contribution in [0.3, 0.4) is 0 Å². The Morgan fingerprint density at radius 3 is 2.67 bits per heavy atom. The van der Waals surface area contributed by atoms with Crippen LogP contribution in [0.5, 0.6) is 5.75 Å². The van der Waals surface area contributed by atoms with Crippen molar-refractivity contribution in [3.63, 3.8) is 0 Å². The van der Waals surface area contributed by atoms with Crippen LogP contribution < -0.4 is 10.1 Å². The summed E-state index contributed by atoms with van der Waals surface area (Å²) in [6.07, 6.45) is 1.29. The zero-order valence-corrected chi connectivity index (χ0v) is 14.8. The Kier molecular flexibility index (Phi) is 4.58. The summed E-state index contributed by atoms with van der Waals surface area (Å²) in [5.41, 5.74) is 1.63. The molecule has 1 heterocycles. The van der Waals surface area contributed by atoms with Crippen LogP contribution in [-0.4, -0.2) is 17.5 Å². The number of nitrogens with zero attached hydrogens (tertiary/aromatic N) is 1. The number of carbonyl (C=O) groups excluding carboxylic acids is 1. The highest BCUT2D eigenvalue weighted by Gasteiger charge is 2.19. The first kappa shape index (κ1) is 16.8. The third kappa shape index (κ3) is 3.40. The Balaban J connectivity index is 1.66. The lowest BCUT2D eigenvalue weighted by Gasteiger charge is -2.10. The third-order valence-corrected chi connectivity index (χ3v) is 4.23. The minimum atomic E-state index is -0.348. The van der Waals surface area contributed by atoms with Crippen LogP contribution in [0, 0.1) is 0 Å². The second-order valence-corrected chi connectivity index (χ2v) is 5.98. The first-order chi connectivity index (χ1) is 13.3. The van der Waals surface area contributed by atoms with E-state index in [1.165, 1.54) is 6.39 Å². The molecule has 134 valence electrons. The summed E-state index contributed by atoms with van der Waals surface area (Å²) in [5, 5.41) is 5.05. The molecule has 1 amide bonds. The minimum absolute atomic E-state index is 0.233. The van der Waals surface area contributed by atoms with E-state index < -0.39 is 0 Å². The maximum Gasteiger partial charge on any atom is 0.278 e. The van der Waals surface area contributed by atoms with Crippen molar-refractivity contribution in [2.24, 2.45) is 0 Å². The van der Waals surface area contributed by atoms with E-state index in [0.717, 1.165) is 16.3 Å². The molecular weight excluding hydrogens is 340 g/mol. The summed E-state index contributed by atoms with van der Waals surface area (Å²) < 4.78 is 11.1. The van der Waals surface area contributed by atoms with Gasteiger partial charge in [0.15, 0.2) is 17.8 Å². The van der Waals surface area contributed by atoms with E-state index in [1.807, 2.05) is 67.6 Å². The monoisotopic (exact) mass is 358 g/mol. The molecular formula is C22H18N2O3. The van der Waals surface area contributed by atoms with Gasteiger partial charge in [-0.25, -0.2) is 4.98 Å². The molecule has 0 saturated carbocycles. The Morgan fingerprint density at radius 1 is 1.04 bits per heavy atom. The fraction of sp³-hybridized carbons (Fsp3) is 0.0909. The van der Waals surface area contributed by atoms with Gasteiger partial charge in [0.25, 0.3) is 5.91 Å². The molecule has 0 radical (unpaired) electrons. The molecule has 1 aromatic heterocycles. The Bertz CT molecular complexity index is 1100. The zero-order chi connectivity index (χ0) is 18.6. The van der Waals surface area contributed by atoms with Crippen molar-refractivity contribution in [3.05, 3.63) is 78.8 Å². The lowest BCUT2D eigenvalue weighted by Crippen LogP contribution is -2.14. The molecule has 0 aliphatic carbocycles. The van der Waals surface area contributed by atoms with E-state index in [-0.39, 0.29) is 11.6 Å². The number of nitrogens with one attached hydrogen (secondary N) is 1. The second-order valence-electron chi connectivity index (χ2n) is 5.98. The average molecular weight is 358 g/mol. The van der Waals surface area contributed by atoms with Crippen molar-refractivity contribution in [2.75, 3.05) is 11.9 Å². The molecule has 0 spiro atoms. The molecule has 0 aliphatic rings. The van der Waals surface area contributed by atoms with Gasteiger partial charge in [0, 0.05) is 5.56 Å². The highest BCUT2D eigenvalue weighted by atomic mass is 16.5. The maximum absolute atomic E-state index is 12.8. The Labute approximate surface area is 156 Å². The number of rotatable bonds is 5. The molecule has 5 nitrogen and oxygen atoms in total. The molecule has 4 rings (SSSR count). The molecule has 1 N–H and O–H groups in total. The van der Waals surface area contributed by atoms with E-state index in [9.17, 15) is 4.79 Å². The minimum Gasteiger partial charge on any atom is -0.492 e. The number of benzene rings is 3. The van der Waals surface area contributed by atoms with Crippen LogP contribution in [0.1, 0.15) is 17.4 Å². The van der Waals surface area contributed by atoms with E-state index >= 15 is 0 Å². The van der Waals surface area contributed by atoms with Gasteiger partial charge in [0.1, 0.15) is 5.75 Å². The van der Waals surface area contributed by atoms with Crippen LogP contribution >= 0.6 is 0 Å². The molecule has 3 aromatic carbocycles. The van der Waals surface area contributed by atoms with Crippen molar-refractivity contribution in [3.8, 4) is 17.1 Å². The number of amides is 1. The van der Waals surface area contributed by atoms with Crippen molar-refractivity contribution < 1.29 is 13.9 Å². The summed E-state index contributed by atoms with van der Waals surface area (Å²) in [7, 11) is 0. The topological polar surface area (TPSA) is 64.4 Å². The number of hydrogen-bond acceptors (Lipinski definition) is 4. The van der Waals surface area contributed by atoms with E-state index in [2.05, 4.69) is 10.3 Å². The fourth-order valence-corrected chi connectivity index (χ4v) is 2.98. The number of fused-ring (bicyclic) bond motifs is 1. The van der Waals surface area contributed by atoms with Gasteiger partial charge in [-0.05, 0) is 35.9 Å². The quantitative estimate of drug-likeness (QED) is 0.536. The van der Waals surface area contributed by atoms with Crippen molar-refractivity contribution in [1.82, 2.24) is 4.98 Å². The lowest BCUT2D eigenvalue weighted by molar-refractivity contribution is 0.102. The number of carbonyl (C=O) groups is 1. The standard InChI is InChI=1S/C22H18N2O3/c1-2-26-19-10-6-5-9-18(19)24-22(25)20-21(27-14-23-20)17-12-11-15-7-3-4-8-16(15)13-17/h3-14H,2H2,1H3,(H,24,25). The molecule has 0 unspecified atom stereocenters. The van der Waals surface area contributed by atoms with Crippen LogP contribution in [0.25, 0.3) is 22.1 Å². The Morgan fingerprint density at radius 2 is 1.81 bits per heavy atom. The van der Waals surface area contributed by atoms with Crippen molar-refractivity contribution >= 4 is 22.4 Å². The summed E-state index contributed by atoms with van der Waals surface area (Å²) in [4.78, 5) is 16.9. The van der Waals surface area contributed by atoms with Crippen LogP contribution in [0.4, 0.5) is 5.69 Å². The predicted octanol–water partition coefficient (Wildman–Crippen LogP) is 5.15. The average Bonchev–Trinajstić information content (AvgIpc) is 3.19. The number of aromatic nitrogens is 1. The van der Waals surface area contributed by atoms with Gasteiger partial charge in [-0.2, -0.15) is 0 Å². The molecule has 27 heavy (non-hydrogen) atoms.